The second kappa shape index (κ2) is 9.29. The fourth-order valence-electron chi connectivity index (χ4n) is 2.04. The van der Waals surface area contributed by atoms with Gasteiger partial charge in [-0.05, 0) is 32.3 Å². The van der Waals surface area contributed by atoms with Crippen LogP contribution in [0.3, 0.4) is 0 Å². The first-order valence-corrected chi connectivity index (χ1v) is 8.58. The van der Waals surface area contributed by atoms with Crippen molar-refractivity contribution in [2.75, 3.05) is 11.9 Å². The molecule has 1 aromatic heterocycles. The Hall–Kier alpha value is -1.89. The van der Waals surface area contributed by atoms with Gasteiger partial charge in [0.15, 0.2) is 0 Å². The number of rotatable bonds is 9. The third-order valence-corrected chi connectivity index (χ3v) is 4.60. The van der Waals surface area contributed by atoms with E-state index >= 15 is 0 Å². The zero-order valence-corrected chi connectivity index (χ0v) is 14.6. The SMILES string of the molecule is CCCCC(=O)Nc1sc(C)c(C)c1C(=O)NCCCC(=O)O. The second-order valence-corrected chi connectivity index (χ2v) is 6.62. The van der Waals surface area contributed by atoms with Gasteiger partial charge in [-0.15, -0.1) is 11.3 Å². The first-order chi connectivity index (χ1) is 10.9. The molecule has 128 valence electrons. The highest BCUT2D eigenvalue weighted by Gasteiger charge is 2.20. The molecule has 6 nitrogen and oxygen atoms in total. The van der Waals surface area contributed by atoms with E-state index in [2.05, 4.69) is 10.6 Å². The summed E-state index contributed by atoms with van der Waals surface area (Å²) in [7, 11) is 0. The van der Waals surface area contributed by atoms with Crippen LogP contribution in [0.15, 0.2) is 0 Å². The summed E-state index contributed by atoms with van der Waals surface area (Å²) < 4.78 is 0. The van der Waals surface area contributed by atoms with E-state index in [-0.39, 0.29) is 18.2 Å². The molecule has 0 atom stereocenters. The maximum Gasteiger partial charge on any atom is 0.303 e. The lowest BCUT2D eigenvalue weighted by Gasteiger charge is -2.08. The van der Waals surface area contributed by atoms with E-state index in [0.717, 1.165) is 23.3 Å². The van der Waals surface area contributed by atoms with E-state index in [4.69, 9.17) is 5.11 Å². The number of nitrogens with one attached hydrogen (secondary N) is 2. The topological polar surface area (TPSA) is 95.5 Å². The Balaban J connectivity index is 2.74. The van der Waals surface area contributed by atoms with Gasteiger partial charge < -0.3 is 15.7 Å². The quantitative estimate of drug-likeness (QED) is 0.602. The molecule has 0 spiro atoms. The minimum atomic E-state index is -0.884. The van der Waals surface area contributed by atoms with Gasteiger partial charge in [0, 0.05) is 24.3 Å². The lowest BCUT2D eigenvalue weighted by Crippen LogP contribution is -2.26. The van der Waals surface area contributed by atoms with Crippen LogP contribution in [0.25, 0.3) is 0 Å². The zero-order valence-electron chi connectivity index (χ0n) is 13.8. The highest BCUT2D eigenvalue weighted by Crippen LogP contribution is 2.32. The molecule has 1 rings (SSSR count). The molecule has 0 saturated carbocycles. The van der Waals surface area contributed by atoms with Crippen LogP contribution in [0.2, 0.25) is 0 Å². The van der Waals surface area contributed by atoms with Gasteiger partial charge >= 0.3 is 5.97 Å². The predicted octanol–water partition coefficient (Wildman–Crippen LogP) is 3.09. The van der Waals surface area contributed by atoms with E-state index in [9.17, 15) is 14.4 Å². The molecule has 2 amide bonds. The maximum atomic E-state index is 12.3. The number of carbonyl (C=O) groups excluding carboxylic acids is 2. The van der Waals surface area contributed by atoms with Crippen molar-refractivity contribution in [1.82, 2.24) is 5.32 Å². The monoisotopic (exact) mass is 340 g/mol. The first kappa shape index (κ1) is 19.2. The van der Waals surface area contributed by atoms with Crippen molar-refractivity contribution in [2.24, 2.45) is 0 Å². The maximum absolute atomic E-state index is 12.3. The van der Waals surface area contributed by atoms with Crippen molar-refractivity contribution in [3.05, 3.63) is 16.0 Å². The molecule has 7 heteroatoms. The average Bonchev–Trinajstić information content (AvgIpc) is 2.75. The Labute approximate surface area is 140 Å². The number of hydrogen-bond acceptors (Lipinski definition) is 4. The van der Waals surface area contributed by atoms with Crippen molar-refractivity contribution < 1.29 is 19.5 Å². The van der Waals surface area contributed by atoms with Crippen molar-refractivity contribution in [2.45, 2.75) is 52.9 Å². The van der Waals surface area contributed by atoms with Crippen molar-refractivity contribution in [1.29, 1.82) is 0 Å². The van der Waals surface area contributed by atoms with E-state index < -0.39 is 5.97 Å². The molecule has 0 unspecified atom stereocenters. The highest BCUT2D eigenvalue weighted by atomic mass is 32.1. The minimum Gasteiger partial charge on any atom is -0.481 e. The van der Waals surface area contributed by atoms with Crippen LogP contribution in [0, 0.1) is 13.8 Å². The van der Waals surface area contributed by atoms with Crippen LogP contribution < -0.4 is 10.6 Å². The number of aliphatic carboxylic acids is 1. The summed E-state index contributed by atoms with van der Waals surface area (Å²) in [5.41, 5.74) is 1.32. The van der Waals surface area contributed by atoms with Crippen LogP contribution in [0.4, 0.5) is 5.00 Å². The van der Waals surface area contributed by atoms with Crippen LogP contribution >= 0.6 is 11.3 Å². The Morgan fingerprint density at radius 2 is 1.83 bits per heavy atom. The Morgan fingerprint density at radius 1 is 1.13 bits per heavy atom. The van der Waals surface area contributed by atoms with E-state index in [1.54, 1.807) is 0 Å². The molecule has 0 aliphatic rings. The molecule has 0 fully saturated rings. The van der Waals surface area contributed by atoms with Gasteiger partial charge in [0.1, 0.15) is 5.00 Å². The molecular formula is C16H24N2O4S. The fraction of sp³-hybridized carbons (Fsp3) is 0.562. The Bertz CT molecular complexity index is 581. The largest absolute Gasteiger partial charge is 0.481 e. The first-order valence-electron chi connectivity index (χ1n) is 7.76. The predicted molar refractivity (Wildman–Crippen MR) is 91.2 cm³/mol. The summed E-state index contributed by atoms with van der Waals surface area (Å²) in [5, 5.41) is 14.7. The third-order valence-electron chi connectivity index (χ3n) is 3.48. The minimum absolute atomic E-state index is 0.0164. The molecular weight excluding hydrogens is 316 g/mol. The van der Waals surface area contributed by atoms with Gasteiger partial charge in [0.2, 0.25) is 5.91 Å². The molecule has 0 aliphatic heterocycles. The van der Waals surface area contributed by atoms with Gasteiger partial charge in [-0.25, -0.2) is 0 Å². The summed E-state index contributed by atoms with van der Waals surface area (Å²) in [6, 6.07) is 0. The van der Waals surface area contributed by atoms with Crippen LogP contribution in [0.5, 0.6) is 0 Å². The van der Waals surface area contributed by atoms with Crippen LogP contribution in [0.1, 0.15) is 59.8 Å². The number of carboxylic acids is 1. The van der Waals surface area contributed by atoms with Gasteiger partial charge in [-0.2, -0.15) is 0 Å². The summed E-state index contributed by atoms with van der Waals surface area (Å²) in [6.45, 7) is 6.06. The summed E-state index contributed by atoms with van der Waals surface area (Å²) >= 11 is 1.39. The molecule has 1 heterocycles. The van der Waals surface area contributed by atoms with E-state index in [1.165, 1.54) is 11.3 Å². The van der Waals surface area contributed by atoms with Crippen molar-refractivity contribution in [3.8, 4) is 0 Å². The number of carboxylic acid groups (broad SMARTS) is 1. The fourth-order valence-corrected chi connectivity index (χ4v) is 3.12. The van der Waals surface area contributed by atoms with Crippen molar-refractivity contribution in [3.63, 3.8) is 0 Å². The lowest BCUT2D eigenvalue weighted by molar-refractivity contribution is -0.137. The highest BCUT2D eigenvalue weighted by molar-refractivity contribution is 7.16. The molecule has 23 heavy (non-hydrogen) atoms. The number of carbonyl (C=O) groups is 3. The number of thiophene rings is 1. The summed E-state index contributed by atoms with van der Waals surface area (Å²) in [5.74, 6) is -1.25. The smallest absolute Gasteiger partial charge is 0.303 e. The van der Waals surface area contributed by atoms with Crippen molar-refractivity contribution >= 4 is 34.1 Å². The zero-order chi connectivity index (χ0) is 17.4. The Morgan fingerprint density at radius 3 is 2.43 bits per heavy atom. The van der Waals surface area contributed by atoms with Gasteiger partial charge in [-0.1, -0.05) is 13.3 Å². The second-order valence-electron chi connectivity index (χ2n) is 5.39. The molecule has 1 aromatic rings. The molecule has 0 aromatic carbocycles. The average molecular weight is 340 g/mol. The number of unbranched alkanes of at least 4 members (excludes halogenated alkanes) is 1. The van der Waals surface area contributed by atoms with Gasteiger partial charge in [0.25, 0.3) is 5.91 Å². The van der Waals surface area contributed by atoms with Gasteiger partial charge in [-0.3, -0.25) is 14.4 Å². The molecule has 0 aliphatic carbocycles. The van der Waals surface area contributed by atoms with E-state index in [0.29, 0.717) is 30.0 Å². The molecule has 0 bridgehead atoms. The molecule has 3 N–H and O–H groups in total. The summed E-state index contributed by atoms with van der Waals surface area (Å²) in [6.07, 6.45) is 2.58. The number of anilines is 1. The number of amides is 2. The van der Waals surface area contributed by atoms with Gasteiger partial charge in [0.05, 0.1) is 5.56 Å². The van der Waals surface area contributed by atoms with Crippen LogP contribution in [-0.4, -0.2) is 29.4 Å². The Kier molecular flexibility index (Phi) is 7.74. The summed E-state index contributed by atoms with van der Waals surface area (Å²) in [4.78, 5) is 35.7. The number of aryl methyl sites for hydroxylation is 1. The van der Waals surface area contributed by atoms with Crippen LogP contribution in [-0.2, 0) is 9.59 Å². The number of hydrogen-bond donors (Lipinski definition) is 3. The third kappa shape index (κ3) is 6.02. The standard InChI is InChI=1S/C16H24N2O4S/c1-4-5-7-12(19)18-16-14(10(2)11(3)23-16)15(22)17-9-6-8-13(20)21/h4-9H2,1-3H3,(H,17,22)(H,18,19)(H,20,21). The normalized spacial score (nSPS) is 10.4. The molecule has 0 saturated heterocycles. The molecule has 0 radical (unpaired) electrons. The lowest BCUT2D eigenvalue weighted by atomic mass is 10.1. The van der Waals surface area contributed by atoms with E-state index in [1.807, 2.05) is 20.8 Å².